The van der Waals surface area contributed by atoms with Crippen molar-refractivity contribution in [2.75, 3.05) is 5.33 Å². The normalized spacial score (nSPS) is 13.1. The summed E-state index contributed by atoms with van der Waals surface area (Å²) in [4.78, 5) is 11.8. The van der Waals surface area contributed by atoms with E-state index < -0.39 is 0 Å². The molecule has 0 aliphatic carbocycles. The molecule has 0 aliphatic heterocycles. The first-order valence-corrected chi connectivity index (χ1v) is 8.05. The van der Waals surface area contributed by atoms with Crippen LogP contribution in [0.25, 0.3) is 0 Å². The second-order valence-corrected chi connectivity index (χ2v) is 5.67. The van der Waals surface area contributed by atoms with Gasteiger partial charge in [0.05, 0.1) is 0 Å². The van der Waals surface area contributed by atoms with Crippen molar-refractivity contribution < 1.29 is 9.53 Å². The molecule has 0 aliphatic rings. The lowest BCUT2D eigenvalue weighted by Crippen LogP contribution is -2.24. The van der Waals surface area contributed by atoms with Crippen molar-refractivity contribution >= 4 is 21.9 Å². The van der Waals surface area contributed by atoms with E-state index in [4.69, 9.17) is 4.74 Å². The number of unbranched alkanes of at least 4 members (excludes halogenated alkanes) is 1. The average molecular weight is 329 g/mol. The summed E-state index contributed by atoms with van der Waals surface area (Å²) >= 11 is 3.35. The van der Waals surface area contributed by atoms with Crippen LogP contribution in [0.1, 0.15) is 52.9 Å². The summed E-state index contributed by atoms with van der Waals surface area (Å²) < 4.78 is 5.49. The summed E-state index contributed by atoms with van der Waals surface area (Å²) in [6.07, 6.45) is 4.07. The van der Waals surface area contributed by atoms with Gasteiger partial charge < -0.3 is 4.74 Å². The zero-order chi connectivity index (χ0) is 14.7. The Morgan fingerprint density at radius 2 is 2.11 bits per heavy atom. The van der Waals surface area contributed by atoms with E-state index in [1.54, 1.807) is 0 Å². The van der Waals surface area contributed by atoms with Gasteiger partial charge in [-0.05, 0) is 31.8 Å². The zero-order valence-electron chi connectivity index (χ0n) is 12.3. The topological polar surface area (TPSA) is 26.3 Å². The van der Waals surface area contributed by atoms with Crippen LogP contribution < -0.4 is 0 Å². The number of carbonyl (C=O) groups excluding carboxylic acids is 1. The van der Waals surface area contributed by atoms with Gasteiger partial charge in [-0.3, -0.25) is 4.79 Å². The molecule has 108 valence electrons. The molecule has 0 saturated carbocycles. The summed E-state index contributed by atoms with van der Waals surface area (Å²) in [5, 5.41) is 0.922. The van der Waals surface area contributed by atoms with E-state index in [1.807, 2.05) is 6.92 Å². The van der Waals surface area contributed by atoms with E-state index in [2.05, 4.69) is 48.2 Å². The Labute approximate surface area is 126 Å². The smallest absolute Gasteiger partial charge is 0.307 e. The maximum Gasteiger partial charge on any atom is 0.307 e. The summed E-state index contributed by atoms with van der Waals surface area (Å²) in [5.74, 6) is 6.06. The fourth-order valence-corrected chi connectivity index (χ4v) is 2.05. The van der Waals surface area contributed by atoms with Crippen molar-refractivity contribution in [3.05, 3.63) is 12.2 Å². The fourth-order valence-electron chi connectivity index (χ4n) is 1.65. The molecule has 0 saturated heterocycles. The van der Waals surface area contributed by atoms with E-state index >= 15 is 0 Å². The van der Waals surface area contributed by atoms with Gasteiger partial charge in [0.2, 0.25) is 0 Å². The van der Waals surface area contributed by atoms with E-state index in [1.165, 1.54) is 0 Å². The Morgan fingerprint density at radius 3 is 2.63 bits per heavy atom. The van der Waals surface area contributed by atoms with E-state index in [0.717, 1.165) is 36.6 Å². The number of allylic oxidation sites excluding steroid dienone is 1. The van der Waals surface area contributed by atoms with Crippen molar-refractivity contribution in [2.45, 2.75) is 59.0 Å². The van der Waals surface area contributed by atoms with Crippen molar-refractivity contribution in [1.82, 2.24) is 0 Å². The first-order valence-electron chi connectivity index (χ1n) is 6.93. The number of hydrogen-bond donors (Lipinski definition) is 0. The molecule has 2 atom stereocenters. The highest BCUT2D eigenvalue weighted by Gasteiger charge is 2.18. The van der Waals surface area contributed by atoms with Gasteiger partial charge in [-0.1, -0.05) is 54.6 Å². The molecule has 3 heteroatoms. The Morgan fingerprint density at radius 1 is 1.42 bits per heavy atom. The van der Waals surface area contributed by atoms with Crippen LogP contribution in [0, 0.1) is 17.8 Å². The zero-order valence-corrected chi connectivity index (χ0v) is 13.9. The lowest BCUT2D eigenvalue weighted by molar-refractivity contribution is -0.148. The summed E-state index contributed by atoms with van der Waals surface area (Å²) in [6.45, 7) is 9.81. The average Bonchev–Trinajstić information content (AvgIpc) is 2.34. The van der Waals surface area contributed by atoms with Crippen LogP contribution in [0.2, 0.25) is 0 Å². The molecule has 0 aromatic carbocycles. The number of halogens is 1. The van der Waals surface area contributed by atoms with Gasteiger partial charge in [0, 0.05) is 17.7 Å². The second-order valence-electron chi connectivity index (χ2n) is 4.87. The highest BCUT2D eigenvalue weighted by atomic mass is 79.9. The molecule has 0 aromatic rings. The van der Waals surface area contributed by atoms with Gasteiger partial charge in [0.1, 0.15) is 0 Å². The Balaban J connectivity index is 4.45. The summed E-state index contributed by atoms with van der Waals surface area (Å²) in [6, 6.07) is 0. The molecule has 0 N–H and O–H groups in total. The Hall–Kier alpha value is -0.750. The maximum atomic E-state index is 11.8. The molecule has 0 spiro atoms. The van der Waals surface area contributed by atoms with E-state index in [0.29, 0.717) is 6.42 Å². The lowest BCUT2D eigenvalue weighted by atomic mass is 9.99. The SMILES string of the molecule is C=C(C)C#CC(OC(=O)CCCCBr)C(C)CCC. The molecule has 0 fully saturated rings. The largest absolute Gasteiger partial charge is 0.449 e. The standard InChI is InChI=1S/C16H25BrO2/c1-5-8-14(4)15(11-10-13(2)3)19-16(18)9-6-7-12-17/h14-15H,2,5-9,12H2,1,3-4H3. The minimum absolute atomic E-state index is 0.148. The number of hydrogen-bond acceptors (Lipinski definition) is 2. The summed E-state index contributed by atoms with van der Waals surface area (Å²) in [7, 11) is 0. The number of alkyl halides is 1. The van der Waals surface area contributed by atoms with Crippen molar-refractivity contribution in [1.29, 1.82) is 0 Å². The molecule has 0 aromatic heterocycles. The molecule has 2 nitrogen and oxygen atoms in total. The van der Waals surface area contributed by atoms with Crippen LogP contribution in [-0.4, -0.2) is 17.4 Å². The molecule has 2 unspecified atom stereocenters. The third kappa shape index (κ3) is 9.78. The Bertz CT molecular complexity index is 338. The van der Waals surface area contributed by atoms with E-state index in [9.17, 15) is 4.79 Å². The minimum Gasteiger partial charge on any atom is -0.449 e. The van der Waals surface area contributed by atoms with Crippen LogP contribution in [0.15, 0.2) is 12.2 Å². The maximum absolute atomic E-state index is 11.8. The van der Waals surface area contributed by atoms with Crippen LogP contribution in [0.5, 0.6) is 0 Å². The molecule has 0 rings (SSSR count). The molecule has 19 heavy (non-hydrogen) atoms. The number of ether oxygens (including phenoxy) is 1. The molecule has 0 radical (unpaired) electrons. The first-order chi connectivity index (χ1) is 9.01. The van der Waals surface area contributed by atoms with Crippen LogP contribution in [0.3, 0.4) is 0 Å². The van der Waals surface area contributed by atoms with Gasteiger partial charge >= 0.3 is 5.97 Å². The quantitative estimate of drug-likeness (QED) is 0.284. The van der Waals surface area contributed by atoms with Crippen molar-refractivity contribution in [3.63, 3.8) is 0 Å². The number of rotatable bonds is 8. The van der Waals surface area contributed by atoms with Gasteiger partial charge in [-0.25, -0.2) is 0 Å². The summed E-state index contributed by atoms with van der Waals surface area (Å²) in [5.41, 5.74) is 0.795. The second kappa shape index (κ2) is 11.1. The van der Waals surface area contributed by atoms with Gasteiger partial charge in [-0.2, -0.15) is 0 Å². The van der Waals surface area contributed by atoms with Gasteiger partial charge in [0.15, 0.2) is 6.10 Å². The predicted molar refractivity (Wildman–Crippen MR) is 84.2 cm³/mol. The van der Waals surface area contributed by atoms with E-state index in [-0.39, 0.29) is 18.0 Å². The fraction of sp³-hybridized carbons (Fsp3) is 0.688. The number of carbonyl (C=O) groups is 1. The third-order valence-corrected chi connectivity index (χ3v) is 3.27. The minimum atomic E-state index is -0.312. The van der Waals surface area contributed by atoms with Crippen LogP contribution >= 0.6 is 15.9 Å². The monoisotopic (exact) mass is 328 g/mol. The first kappa shape index (κ1) is 18.2. The highest BCUT2D eigenvalue weighted by molar-refractivity contribution is 9.09. The van der Waals surface area contributed by atoms with Gasteiger partial charge in [0.25, 0.3) is 0 Å². The van der Waals surface area contributed by atoms with Crippen LogP contribution in [-0.2, 0) is 9.53 Å². The predicted octanol–water partition coefficient (Wildman–Crippen LogP) is 4.48. The molecule has 0 heterocycles. The van der Waals surface area contributed by atoms with Crippen molar-refractivity contribution in [3.8, 4) is 11.8 Å². The molecular weight excluding hydrogens is 304 g/mol. The Kier molecular flexibility index (Phi) is 10.7. The lowest BCUT2D eigenvalue weighted by Gasteiger charge is -2.19. The number of esters is 1. The molecule has 0 amide bonds. The van der Waals surface area contributed by atoms with Crippen molar-refractivity contribution in [2.24, 2.45) is 5.92 Å². The molecule has 0 bridgehead atoms. The highest BCUT2D eigenvalue weighted by Crippen LogP contribution is 2.15. The molecular formula is C16H25BrO2. The van der Waals surface area contributed by atoms with Crippen LogP contribution in [0.4, 0.5) is 0 Å². The van der Waals surface area contributed by atoms with Gasteiger partial charge in [-0.15, -0.1) is 0 Å². The third-order valence-electron chi connectivity index (χ3n) is 2.71.